The van der Waals surface area contributed by atoms with E-state index in [1.165, 1.54) is 0 Å². The van der Waals surface area contributed by atoms with Gasteiger partial charge in [-0.25, -0.2) is 0 Å². The minimum Gasteiger partial charge on any atom is -0.511 e. The maximum atomic E-state index is 12.9. The number of Topliss-reactive ketones (excluding diaryl/α,β-unsaturated/α-hetero) is 1. The van der Waals surface area contributed by atoms with Crippen LogP contribution in [-0.4, -0.2) is 28.3 Å². The van der Waals surface area contributed by atoms with Crippen LogP contribution in [-0.2, 0) is 9.63 Å². The minimum absolute atomic E-state index is 0.0883. The number of ketones is 1. The van der Waals surface area contributed by atoms with Gasteiger partial charge in [0.1, 0.15) is 18.1 Å². The normalized spacial score (nSPS) is 18.2. The molecule has 0 amide bonds. The van der Waals surface area contributed by atoms with Crippen LogP contribution in [0.5, 0.6) is 5.75 Å². The van der Waals surface area contributed by atoms with Gasteiger partial charge in [0.2, 0.25) is 0 Å². The molecule has 0 fully saturated rings. The van der Waals surface area contributed by atoms with Crippen molar-refractivity contribution in [2.24, 2.45) is 5.16 Å². The summed E-state index contributed by atoms with van der Waals surface area (Å²) in [5.41, 5.74) is 5.55. The lowest BCUT2D eigenvalue weighted by atomic mass is 9.76. The highest BCUT2D eigenvalue weighted by Crippen LogP contribution is 2.41. The number of allylic oxidation sites excluding steroid dienone is 2. The van der Waals surface area contributed by atoms with Crippen LogP contribution in [0.2, 0.25) is 0 Å². The van der Waals surface area contributed by atoms with E-state index in [-0.39, 0.29) is 17.5 Å². The van der Waals surface area contributed by atoms with E-state index >= 15 is 0 Å². The van der Waals surface area contributed by atoms with Crippen molar-refractivity contribution in [2.45, 2.75) is 73.1 Å². The van der Waals surface area contributed by atoms with E-state index in [9.17, 15) is 15.0 Å². The summed E-state index contributed by atoms with van der Waals surface area (Å²) in [6.45, 7) is 12.0. The summed E-state index contributed by atoms with van der Waals surface area (Å²) in [6, 6.07) is 0. The zero-order valence-corrected chi connectivity index (χ0v) is 17.3. The highest BCUT2D eigenvalue weighted by atomic mass is 16.6. The molecule has 0 heterocycles. The van der Waals surface area contributed by atoms with Crippen LogP contribution < -0.4 is 0 Å². The average Bonchev–Trinajstić information content (AvgIpc) is 2.62. The first-order chi connectivity index (χ1) is 12.7. The third-order valence-electron chi connectivity index (χ3n) is 5.57. The second kappa shape index (κ2) is 8.59. The predicted octanol–water partition coefficient (Wildman–Crippen LogP) is 5.08. The second-order valence-electron chi connectivity index (χ2n) is 7.32. The second-order valence-corrected chi connectivity index (χ2v) is 7.32. The summed E-state index contributed by atoms with van der Waals surface area (Å²) in [6.07, 6.45) is 2.11. The van der Waals surface area contributed by atoms with Gasteiger partial charge in [-0.05, 0) is 74.8 Å². The number of phenolic OH excluding ortho intramolecular Hbond substituents is 1. The largest absolute Gasteiger partial charge is 0.511 e. The molecule has 0 saturated carbocycles. The van der Waals surface area contributed by atoms with Crippen molar-refractivity contribution >= 4 is 11.5 Å². The summed E-state index contributed by atoms with van der Waals surface area (Å²) in [7, 11) is 0. The Hall–Kier alpha value is -2.30. The molecule has 2 N–H and O–H groups in total. The molecule has 0 saturated heterocycles. The lowest BCUT2D eigenvalue weighted by Gasteiger charge is -2.28. The van der Waals surface area contributed by atoms with Crippen LogP contribution in [0.15, 0.2) is 16.5 Å². The molecule has 2 rings (SSSR count). The maximum absolute atomic E-state index is 12.9. The van der Waals surface area contributed by atoms with Gasteiger partial charge in [0.25, 0.3) is 0 Å². The van der Waals surface area contributed by atoms with Gasteiger partial charge in [0.05, 0.1) is 11.3 Å². The molecule has 5 nitrogen and oxygen atoms in total. The van der Waals surface area contributed by atoms with Crippen molar-refractivity contribution in [1.29, 1.82) is 0 Å². The third-order valence-corrected chi connectivity index (χ3v) is 5.57. The van der Waals surface area contributed by atoms with Gasteiger partial charge in [-0.2, -0.15) is 0 Å². The molecule has 1 aromatic carbocycles. The summed E-state index contributed by atoms with van der Waals surface area (Å²) in [4.78, 5) is 18.1. The molecule has 27 heavy (non-hydrogen) atoms. The molecule has 1 atom stereocenters. The number of oxime groups is 1. The number of benzene rings is 1. The first-order valence-corrected chi connectivity index (χ1v) is 9.68. The molecular weight excluding hydrogens is 342 g/mol. The van der Waals surface area contributed by atoms with Gasteiger partial charge < -0.3 is 15.1 Å². The zero-order chi connectivity index (χ0) is 20.3. The number of hydrogen-bond acceptors (Lipinski definition) is 5. The Bertz CT molecular complexity index is 776. The number of aliphatic hydroxyl groups is 1. The summed E-state index contributed by atoms with van der Waals surface area (Å²) >= 11 is 0. The van der Waals surface area contributed by atoms with Crippen molar-refractivity contribution in [3.63, 3.8) is 0 Å². The Morgan fingerprint density at radius 1 is 1.04 bits per heavy atom. The predicted molar refractivity (Wildman–Crippen MR) is 108 cm³/mol. The highest BCUT2D eigenvalue weighted by molar-refractivity contribution is 6.23. The van der Waals surface area contributed by atoms with Gasteiger partial charge in [-0.1, -0.05) is 18.5 Å². The molecule has 148 valence electrons. The molecule has 0 aromatic heterocycles. The Labute approximate surface area is 161 Å². The molecule has 1 unspecified atom stereocenters. The number of hydrogen-bond donors (Lipinski definition) is 2. The fourth-order valence-electron chi connectivity index (χ4n) is 3.96. The molecule has 1 aromatic rings. The van der Waals surface area contributed by atoms with E-state index < -0.39 is 0 Å². The zero-order valence-electron chi connectivity index (χ0n) is 17.3. The van der Waals surface area contributed by atoms with Crippen molar-refractivity contribution < 1.29 is 19.8 Å². The molecule has 1 aliphatic rings. The van der Waals surface area contributed by atoms with Gasteiger partial charge >= 0.3 is 0 Å². The van der Waals surface area contributed by atoms with Crippen LogP contribution in [0.25, 0.3) is 0 Å². The van der Waals surface area contributed by atoms with E-state index in [0.29, 0.717) is 42.9 Å². The van der Waals surface area contributed by atoms with Crippen molar-refractivity contribution in [2.75, 3.05) is 6.61 Å². The summed E-state index contributed by atoms with van der Waals surface area (Å²) < 4.78 is 0. The Kier molecular flexibility index (Phi) is 6.68. The number of rotatable bonds is 6. The van der Waals surface area contributed by atoms with E-state index in [1.807, 2.05) is 41.5 Å². The van der Waals surface area contributed by atoms with E-state index in [1.54, 1.807) is 0 Å². The first-order valence-electron chi connectivity index (χ1n) is 9.68. The maximum Gasteiger partial charge on any atom is 0.168 e. The number of carbonyl (C=O) groups is 1. The quantitative estimate of drug-likeness (QED) is 0.538. The fourth-order valence-corrected chi connectivity index (χ4v) is 3.96. The first kappa shape index (κ1) is 21.0. The minimum atomic E-state index is -0.103. The van der Waals surface area contributed by atoms with E-state index in [2.05, 4.69) is 5.16 Å². The molecule has 5 heteroatoms. The smallest absolute Gasteiger partial charge is 0.168 e. The number of aliphatic hydroxyl groups excluding tert-OH is 1. The van der Waals surface area contributed by atoms with Crippen LogP contribution in [0.4, 0.5) is 0 Å². The van der Waals surface area contributed by atoms with Gasteiger partial charge in [0.15, 0.2) is 5.78 Å². The Morgan fingerprint density at radius 2 is 1.63 bits per heavy atom. The highest BCUT2D eigenvalue weighted by Gasteiger charge is 2.33. The summed E-state index contributed by atoms with van der Waals surface area (Å²) in [5.74, 6) is 0.197. The van der Waals surface area contributed by atoms with Crippen molar-refractivity contribution in [3.05, 3.63) is 39.1 Å². The van der Waals surface area contributed by atoms with E-state index in [4.69, 9.17) is 4.84 Å². The number of nitrogens with zero attached hydrogens (tertiary/aromatic N) is 1. The van der Waals surface area contributed by atoms with Crippen molar-refractivity contribution in [3.8, 4) is 5.75 Å². The Morgan fingerprint density at radius 3 is 2.11 bits per heavy atom. The van der Waals surface area contributed by atoms with Crippen LogP contribution in [0.3, 0.4) is 0 Å². The topological polar surface area (TPSA) is 79.1 Å². The van der Waals surface area contributed by atoms with Gasteiger partial charge in [-0.15, -0.1) is 0 Å². The molecular formula is C22H31NO4. The van der Waals surface area contributed by atoms with Crippen LogP contribution >= 0.6 is 0 Å². The SMILES string of the molecule is CCC/C(=N\OCC)C1=C(O)CC(c2c(C)c(C)c(O)c(C)c2C)CC1=O. The molecule has 0 spiro atoms. The molecule has 0 aliphatic heterocycles. The molecule has 1 aliphatic carbocycles. The lowest BCUT2D eigenvalue weighted by Crippen LogP contribution is -2.25. The molecule has 0 bridgehead atoms. The molecule has 0 radical (unpaired) electrons. The summed E-state index contributed by atoms with van der Waals surface area (Å²) in [5, 5.41) is 25.1. The number of carbonyl (C=O) groups excluding carboxylic acids is 1. The standard InChI is InChI=1S/C22H31NO4/c1-7-9-17(23-27-8-2)21-18(24)10-16(11-19(21)25)20-12(3)14(5)22(26)15(6)13(20)4/h16,24,26H,7-11H2,1-6H3/b23-17+. The Balaban J connectivity index is 2.48. The van der Waals surface area contributed by atoms with E-state index in [0.717, 1.165) is 34.2 Å². The fraction of sp³-hybridized carbons (Fsp3) is 0.545. The van der Waals surface area contributed by atoms with Gasteiger partial charge in [-0.3, -0.25) is 4.79 Å². The van der Waals surface area contributed by atoms with Crippen molar-refractivity contribution in [1.82, 2.24) is 0 Å². The number of aromatic hydroxyl groups is 1. The monoisotopic (exact) mass is 373 g/mol. The average molecular weight is 373 g/mol. The van der Waals surface area contributed by atoms with Crippen LogP contribution in [0.1, 0.15) is 73.3 Å². The third kappa shape index (κ3) is 4.02. The number of phenols is 1. The van der Waals surface area contributed by atoms with Gasteiger partial charge in [0, 0.05) is 12.8 Å². The lowest BCUT2D eigenvalue weighted by molar-refractivity contribution is -0.116. The van der Waals surface area contributed by atoms with Crippen LogP contribution in [0, 0.1) is 27.7 Å².